The van der Waals surface area contributed by atoms with E-state index in [0.717, 1.165) is 5.69 Å². The lowest BCUT2D eigenvalue weighted by molar-refractivity contribution is -0.132. The molecule has 0 radical (unpaired) electrons. The van der Waals surface area contributed by atoms with Crippen LogP contribution in [0.2, 0.25) is 5.02 Å². The maximum Gasteiger partial charge on any atom is 0.238 e. The second kappa shape index (κ2) is 9.71. The largest absolute Gasteiger partial charge is 0.368 e. The Labute approximate surface area is 174 Å². The van der Waals surface area contributed by atoms with Crippen molar-refractivity contribution < 1.29 is 14.0 Å². The van der Waals surface area contributed by atoms with Gasteiger partial charge in [0.25, 0.3) is 0 Å². The molecule has 2 amide bonds. The number of carbonyl (C=O) groups is 2. The Balaban J connectivity index is 1.43. The fourth-order valence-corrected chi connectivity index (χ4v) is 3.43. The lowest BCUT2D eigenvalue weighted by Gasteiger charge is -2.36. The van der Waals surface area contributed by atoms with Crippen LogP contribution >= 0.6 is 11.6 Å². The first-order valence-electron chi connectivity index (χ1n) is 9.43. The molecular weight excluding hydrogens is 395 g/mol. The summed E-state index contributed by atoms with van der Waals surface area (Å²) in [6.45, 7) is 2.81. The predicted molar refractivity (Wildman–Crippen MR) is 113 cm³/mol. The first kappa shape index (κ1) is 21.1. The fraction of sp³-hybridized carbons (Fsp3) is 0.333. The number of carbonyl (C=O) groups excluding carboxylic acids is 2. The number of hydrogen-bond acceptors (Lipinski definition) is 4. The molecule has 0 aliphatic carbocycles. The zero-order valence-electron chi connectivity index (χ0n) is 16.3. The van der Waals surface area contributed by atoms with Gasteiger partial charge in [0.15, 0.2) is 0 Å². The van der Waals surface area contributed by atoms with Crippen molar-refractivity contribution in [2.75, 3.05) is 56.5 Å². The number of piperazine rings is 1. The molecule has 2 aromatic rings. The van der Waals surface area contributed by atoms with E-state index >= 15 is 0 Å². The molecule has 6 nitrogen and oxygen atoms in total. The Morgan fingerprint density at radius 1 is 1.03 bits per heavy atom. The average Bonchev–Trinajstić information content (AvgIpc) is 2.70. The van der Waals surface area contributed by atoms with Crippen LogP contribution in [0.5, 0.6) is 0 Å². The lowest BCUT2D eigenvalue weighted by Crippen LogP contribution is -2.51. The van der Waals surface area contributed by atoms with Gasteiger partial charge in [-0.05, 0) is 43.4 Å². The number of amides is 2. The van der Waals surface area contributed by atoms with E-state index < -0.39 is 0 Å². The number of para-hydroxylation sites is 1. The Bertz CT molecular complexity index is 854. The second-order valence-corrected chi connectivity index (χ2v) is 7.45. The van der Waals surface area contributed by atoms with Gasteiger partial charge >= 0.3 is 0 Å². The molecule has 29 heavy (non-hydrogen) atoms. The van der Waals surface area contributed by atoms with Crippen molar-refractivity contribution in [2.24, 2.45) is 0 Å². The minimum Gasteiger partial charge on any atom is -0.368 e. The number of rotatable bonds is 6. The van der Waals surface area contributed by atoms with Gasteiger partial charge in [-0.2, -0.15) is 0 Å². The van der Waals surface area contributed by atoms with E-state index in [-0.39, 0.29) is 30.7 Å². The SMILES string of the molecule is CN(CC(=O)Nc1ccccc1Cl)CC(=O)N1CCN(c2ccc(F)cc2)CC1. The van der Waals surface area contributed by atoms with Crippen LogP contribution in [0.3, 0.4) is 0 Å². The van der Waals surface area contributed by atoms with Crippen molar-refractivity contribution >= 4 is 34.8 Å². The Morgan fingerprint density at radius 3 is 2.34 bits per heavy atom. The van der Waals surface area contributed by atoms with Crippen molar-refractivity contribution in [1.82, 2.24) is 9.80 Å². The monoisotopic (exact) mass is 418 g/mol. The van der Waals surface area contributed by atoms with Crippen LogP contribution in [-0.4, -0.2) is 67.9 Å². The molecule has 1 saturated heterocycles. The third-order valence-corrected chi connectivity index (χ3v) is 5.12. The maximum atomic E-state index is 13.1. The molecule has 0 atom stereocenters. The van der Waals surface area contributed by atoms with Gasteiger partial charge in [-0.3, -0.25) is 14.5 Å². The molecule has 0 unspecified atom stereocenters. The highest BCUT2D eigenvalue weighted by Crippen LogP contribution is 2.20. The first-order chi connectivity index (χ1) is 13.9. The highest BCUT2D eigenvalue weighted by molar-refractivity contribution is 6.33. The van der Waals surface area contributed by atoms with Gasteiger partial charge in [-0.15, -0.1) is 0 Å². The quantitative estimate of drug-likeness (QED) is 0.783. The van der Waals surface area contributed by atoms with Crippen molar-refractivity contribution in [2.45, 2.75) is 0 Å². The molecule has 1 aliphatic rings. The molecular formula is C21H24ClFN4O2. The number of anilines is 2. The van der Waals surface area contributed by atoms with Gasteiger partial charge in [0.1, 0.15) is 5.82 Å². The topological polar surface area (TPSA) is 55.9 Å². The predicted octanol–water partition coefficient (Wildman–Crippen LogP) is 2.70. The zero-order chi connectivity index (χ0) is 20.8. The summed E-state index contributed by atoms with van der Waals surface area (Å²) in [6.07, 6.45) is 0. The minimum absolute atomic E-state index is 0.0169. The first-order valence-corrected chi connectivity index (χ1v) is 9.81. The third-order valence-electron chi connectivity index (χ3n) is 4.79. The average molecular weight is 419 g/mol. The summed E-state index contributed by atoms with van der Waals surface area (Å²) in [5.41, 5.74) is 1.50. The van der Waals surface area contributed by atoms with E-state index in [1.807, 2.05) is 0 Å². The van der Waals surface area contributed by atoms with Crippen LogP contribution in [0.15, 0.2) is 48.5 Å². The van der Waals surface area contributed by atoms with Gasteiger partial charge in [-0.1, -0.05) is 23.7 Å². The minimum atomic E-state index is -0.260. The summed E-state index contributed by atoms with van der Waals surface area (Å²) in [5.74, 6) is -0.504. The van der Waals surface area contributed by atoms with Gasteiger partial charge in [0, 0.05) is 31.9 Å². The van der Waals surface area contributed by atoms with Crippen molar-refractivity contribution in [3.8, 4) is 0 Å². The molecule has 0 aromatic heterocycles. The Hall–Kier alpha value is -2.64. The molecule has 0 spiro atoms. The molecule has 0 bridgehead atoms. The van der Waals surface area contributed by atoms with Crippen LogP contribution in [0.25, 0.3) is 0 Å². The van der Waals surface area contributed by atoms with Crippen LogP contribution in [0.1, 0.15) is 0 Å². The summed E-state index contributed by atoms with van der Waals surface area (Å²) in [6, 6.07) is 13.4. The number of nitrogens with one attached hydrogen (secondary N) is 1. The van der Waals surface area contributed by atoms with E-state index in [4.69, 9.17) is 11.6 Å². The maximum absolute atomic E-state index is 13.1. The van der Waals surface area contributed by atoms with E-state index in [2.05, 4.69) is 10.2 Å². The van der Waals surface area contributed by atoms with Crippen LogP contribution in [0.4, 0.5) is 15.8 Å². The lowest BCUT2D eigenvalue weighted by atomic mass is 10.2. The van der Waals surface area contributed by atoms with Crippen LogP contribution in [0, 0.1) is 5.82 Å². The normalized spacial score (nSPS) is 14.2. The molecule has 154 valence electrons. The molecule has 2 aromatic carbocycles. The number of likely N-dealkylation sites (N-methyl/N-ethyl adjacent to an activating group) is 1. The summed E-state index contributed by atoms with van der Waals surface area (Å²) in [7, 11) is 1.73. The molecule has 1 heterocycles. The number of halogens is 2. The van der Waals surface area contributed by atoms with E-state index in [1.165, 1.54) is 12.1 Å². The molecule has 1 N–H and O–H groups in total. The van der Waals surface area contributed by atoms with E-state index in [9.17, 15) is 14.0 Å². The summed E-state index contributed by atoms with van der Waals surface area (Å²) in [4.78, 5) is 30.3. The molecule has 1 fully saturated rings. The van der Waals surface area contributed by atoms with Gasteiger partial charge in [-0.25, -0.2) is 4.39 Å². The van der Waals surface area contributed by atoms with Crippen molar-refractivity contribution in [3.63, 3.8) is 0 Å². The number of hydrogen-bond donors (Lipinski definition) is 1. The van der Waals surface area contributed by atoms with Gasteiger partial charge in [0.2, 0.25) is 11.8 Å². The highest BCUT2D eigenvalue weighted by atomic mass is 35.5. The number of benzene rings is 2. The van der Waals surface area contributed by atoms with Crippen molar-refractivity contribution in [1.29, 1.82) is 0 Å². The highest BCUT2D eigenvalue weighted by Gasteiger charge is 2.22. The summed E-state index contributed by atoms with van der Waals surface area (Å²) >= 11 is 6.04. The van der Waals surface area contributed by atoms with Crippen LogP contribution < -0.4 is 10.2 Å². The second-order valence-electron chi connectivity index (χ2n) is 7.04. The van der Waals surface area contributed by atoms with E-state index in [0.29, 0.717) is 36.9 Å². The van der Waals surface area contributed by atoms with E-state index in [1.54, 1.807) is 53.2 Å². The van der Waals surface area contributed by atoms with Crippen molar-refractivity contribution in [3.05, 3.63) is 59.4 Å². The molecule has 1 aliphatic heterocycles. The Morgan fingerprint density at radius 2 is 1.69 bits per heavy atom. The molecule has 8 heteroatoms. The molecule has 0 saturated carbocycles. The summed E-state index contributed by atoms with van der Waals surface area (Å²) < 4.78 is 13.1. The van der Waals surface area contributed by atoms with Crippen LogP contribution in [-0.2, 0) is 9.59 Å². The number of nitrogens with zero attached hydrogens (tertiary/aromatic N) is 3. The zero-order valence-corrected chi connectivity index (χ0v) is 17.0. The van der Waals surface area contributed by atoms with Gasteiger partial charge < -0.3 is 15.1 Å². The third kappa shape index (κ3) is 5.92. The molecule has 3 rings (SSSR count). The smallest absolute Gasteiger partial charge is 0.238 e. The Kier molecular flexibility index (Phi) is 7.06. The fourth-order valence-electron chi connectivity index (χ4n) is 3.25. The summed E-state index contributed by atoms with van der Waals surface area (Å²) in [5, 5.41) is 3.22. The standard InChI is InChI=1S/C21H24ClFN4O2/c1-25(14-20(28)24-19-5-3-2-4-18(19)22)15-21(29)27-12-10-26(11-13-27)17-8-6-16(23)7-9-17/h2-9H,10-15H2,1H3,(H,24,28). The van der Waals surface area contributed by atoms with Gasteiger partial charge in [0.05, 0.1) is 23.8 Å².